The monoisotopic (exact) mass is 436 g/mol. The molecule has 5 rings (SSSR count). The summed E-state index contributed by atoms with van der Waals surface area (Å²) in [6.45, 7) is 2.06. The second kappa shape index (κ2) is 7.99. The Hall–Kier alpha value is -3.88. The summed E-state index contributed by atoms with van der Waals surface area (Å²) < 4.78 is 6.60. The summed E-state index contributed by atoms with van der Waals surface area (Å²) in [6, 6.07) is 21.8. The Morgan fingerprint density at radius 2 is 1.66 bits per heavy atom. The summed E-state index contributed by atoms with van der Waals surface area (Å²) in [6.07, 6.45) is 0. The maximum Gasteiger partial charge on any atom is 0.346 e. The van der Waals surface area contributed by atoms with Gasteiger partial charge in [0.05, 0.1) is 15.8 Å². The largest absolute Gasteiger partial charge is 0.422 e. The normalized spacial score (nSPS) is 10.8. The Labute approximate surface area is 189 Å². The van der Waals surface area contributed by atoms with Crippen LogP contribution in [-0.4, -0.2) is 19.1 Å². The number of rotatable bonds is 2. The van der Waals surface area contributed by atoms with E-state index >= 15 is 0 Å². The maximum absolute atomic E-state index is 12.7. The zero-order chi connectivity index (χ0) is 22.2. The van der Waals surface area contributed by atoms with Gasteiger partial charge in [0.2, 0.25) is 0 Å². The fraction of sp³-hybridized carbons (Fsp3) is 0.111. The van der Waals surface area contributed by atoms with Crippen molar-refractivity contribution in [3.05, 3.63) is 93.8 Å². The predicted molar refractivity (Wildman–Crippen MR) is 133 cm³/mol. The van der Waals surface area contributed by atoms with Crippen LogP contribution in [0.4, 0.5) is 5.69 Å². The average Bonchev–Trinajstić information content (AvgIpc) is 3.21. The van der Waals surface area contributed by atoms with Crippen molar-refractivity contribution in [2.75, 3.05) is 19.0 Å². The van der Waals surface area contributed by atoms with Crippen molar-refractivity contribution in [2.45, 2.75) is 6.92 Å². The minimum absolute atomic E-state index is 0.383. The SMILES string of the molecule is Cc1ccc(C#Cc2ccc3nc(-c4cc5ccc(N(C)C)cc5oc4=O)sc3c2)cc1. The van der Waals surface area contributed by atoms with Crippen LogP contribution in [-0.2, 0) is 0 Å². The number of aromatic nitrogens is 1. The predicted octanol–water partition coefficient (Wildman–Crippen LogP) is 5.84. The third-order valence-electron chi connectivity index (χ3n) is 5.26. The van der Waals surface area contributed by atoms with Gasteiger partial charge in [-0.25, -0.2) is 9.78 Å². The third-order valence-corrected chi connectivity index (χ3v) is 6.31. The van der Waals surface area contributed by atoms with Crippen molar-refractivity contribution in [3.63, 3.8) is 0 Å². The van der Waals surface area contributed by atoms with Gasteiger partial charge in [-0.1, -0.05) is 29.5 Å². The highest BCUT2D eigenvalue weighted by Crippen LogP contribution is 2.31. The molecule has 0 spiro atoms. The second-order valence-corrected chi connectivity index (χ2v) is 8.91. The lowest BCUT2D eigenvalue weighted by Crippen LogP contribution is -2.08. The van der Waals surface area contributed by atoms with E-state index in [1.165, 1.54) is 16.9 Å². The van der Waals surface area contributed by atoms with Crippen LogP contribution in [0, 0.1) is 18.8 Å². The number of fused-ring (bicyclic) bond motifs is 2. The first-order valence-electron chi connectivity index (χ1n) is 10.2. The molecule has 4 nitrogen and oxygen atoms in total. The number of thiazole rings is 1. The van der Waals surface area contributed by atoms with E-state index in [4.69, 9.17) is 4.42 Å². The van der Waals surface area contributed by atoms with Crippen molar-refractivity contribution in [1.29, 1.82) is 0 Å². The van der Waals surface area contributed by atoms with Gasteiger partial charge in [0, 0.05) is 42.4 Å². The molecule has 5 aromatic rings. The molecule has 0 bridgehead atoms. The summed E-state index contributed by atoms with van der Waals surface area (Å²) in [7, 11) is 3.91. The van der Waals surface area contributed by atoms with Gasteiger partial charge >= 0.3 is 5.63 Å². The van der Waals surface area contributed by atoms with Gasteiger partial charge in [-0.15, -0.1) is 11.3 Å². The molecule has 3 aromatic carbocycles. The van der Waals surface area contributed by atoms with Crippen molar-refractivity contribution in [2.24, 2.45) is 0 Å². The molecule has 0 unspecified atom stereocenters. The minimum atomic E-state index is -0.383. The quantitative estimate of drug-likeness (QED) is 0.257. The Kier molecular flexibility index (Phi) is 5.01. The average molecular weight is 437 g/mol. The third kappa shape index (κ3) is 3.89. The number of aryl methyl sites for hydroxylation is 1. The van der Waals surface area contributed by atoms with Crippen LogP contribution in [0.5, 0.6) is 0 Å². The first-order chi connectivity index (χ1) is 15.5. The first kappa shape index (κ1) is 20.0. The van der Waals surface area contributed by atoms with Gasteiger partial charge in [0.15, 0.2) is 0 Å². The summed E-state index contributed by atoms with van der Waals surface area (Å²) in [4.78, 5) is 19.3. The maximum atomic E-state index is 12.7. The summed E-state index contributed by atoms with van der Waals surface area (Å²) >= 11 is 1.47. The standard InChI is InChI=1S/C27H20N2O2S/c1-17-4-6-18(7-5-17)8-9-19-10-13-23-25(14-19)32-26(28-23)22-15-20-11-12-21(29(2)3)16-24(20)31-27(22)30/h4-7,10-16H,1-3H3. The molecule has 2 aromatic heterocycles. The highest BCUT2D eigenvalue weighted by atomic mass is 32.1. The molecule has 0 N–H and O–H groups in total. The van der Waals surface area contributed by atoms with Crippen LogP contribution in [0.3, 0.4) is 0 Å². The van der Waals surface area contributed by atoms with E-state index in [-0.39, 0.29) is 5.63 Å². The van der Waals surface area contributed by atoms with Crippen molar-refractivity contribution in [1.82, 2.24) is 4.98 Å². The van der Waals surface area contributed by atoms with E-state index in [0.717, 1.165) is 32.4 Å². The van der Waals surface area contributed by atoms with Crippen molar-refractivity contribution < 1.29 is 4.42 Å². The summed E-state index contributed by atoms with van der Waals surface area (Å²) in [5, 5.41) is 1.52. The molecule has 32 heavy (non-hydrogen) atoms. The van der Waals surface area contributed by atoms with E-state index in [0.29, 0.717) is 16.2 Å². The van der Waals surface area contributed by atoms with E-state index < -0.39 is 0 Å². The summed E-state index contributed by atoms with van der Waals surface area (Å²) in [5.41, 5.74) is 5.59. The first-order valence-corrected chi connectivity index (χ1v) is 11.0. The molecule has 0 saturated carbocycles. The lowest BCUT2D eigenvalue weighted by Gasteiger charge is -2.12. The number of hydrogen-bond donors (Lipinski definition) is 0. The highest BCUT2D eigenvalue weighted by Gasteiger charge is 2.13. The smallest absolute Gasteiger partial charge is 0.346 e. The molecule has 0 aliphatic heterocycles. The molecular weight excluding hydrogens is 416 g/mol. The van der Waals surface area contributed by atoms with E-state index in [2.05, 4.69) is 35.9 Å². The molecule has 0 saturated heterocycles. The molecule has 156 valence electrons. The van der Waals surface area contributed by atoms with E-state index in [9.17, 15) is 4.79 Å². The highest BCUT2D eigenvalue weighted by molar-refractivity contribution is 7.21. The number of benzene rings is 3. The fourth-order valence-corrected chi connectivity index (χ4v) is 4.43. The second-order valence-electron chi connectivity index (χ2n) is 7.88. The van der Waals surface area contributed by atoms with Crippen LogP contribution in [0.25, 0.3) is 31.8 Å². The van der Waals surface area contributed by atoms with Gasteiger partial charge in [-0.3, -0.25) is 0 Å². The molecule has 0 atom stereocenters. The topological polar surface area (TPSA) is 46.3 Å². The van der Waals surface area contributed by atoms with Crippen LogP contribution >= 0.6 is 11.3 Å². The van der Waals surface area contributed by atoms with Crippen LogP contribution in [0.15, 0.2) is 75.9 Å². The Morgan fingerprint density at radius 3 is 2.44 bits per heavy atom. The molecule has 0 radical (unpaired) electrons. The lowest BCUT2D eigenvalue weighted by molar-refractivity contribution is 0.563. The Morgan fingerprint density at radius 1 is 0.906 bits per heavy atom. The van der Waals surface area contributed by atoms with Gasteiger partial charge in [-0.05, 0) is 55.5 Å². The zero-order valence-corrected chi connectivity index (χ0v) is 18.8. The number of anilines is 1. The van der Waals surface area contributed by atoms with Crippen LogP contribution < -0.4 is 10.5 Å². The van der Waals surface area contributed by atoms with Crippen LogP contribution in [0.1, 0.15) is 16.7 Å². The Balaban J connectivity index is 1.52. The molecule has 0 amide bonds. The molecule has 2 heterocycles. The van der Waals surface area contributed by atoms with Crippen molar-refractivity contribution in [3.8, 4) is 22.4 Å². The number of nitrogens with zero attached hydrogens (tertiary/aromatic N) is 2. The van der Waals surface area contributed by atoms with Crippen molar-refractivity contribution >= 4 is 38.2 Å². The minimum Gasteiger partial charge on any atom is -0.422 e. The summed E-state index contributed by atoms with van der Waals surface area (Å²) in [5.74, 6) is 6.41. The lowest BCUT2D eigenvalue weighted by atomic mass is 10.1. The number of hydrogen-bond acceptors (Lipinski definition) is 5. The zero-order valence-electron chi connectivity index (χ0n) is 18.0. The van der Waals surface area contributed by atoms with Crippen LogP contribution in [0.2, 0.25) is 0 Å². The van der Waals surface area contributed by atoms with E-state index in [1.807, 2.05) is 73.6 Å². The molecular formula is C27H20N2O2S. The van der Waals surface area contributed by atoms with E-state index in [1.54, 1.807) is 0 Å². The van der Waals surface area contributed by atoms with Gasteiger partial charge in [0.25, 0.3) is 0 Å². The Bertz CT molecular complexity index is 1580. The molecule has 0 aliphatic carbocycles. The molecule has 0 aliphatic rings. The fourth-order valence-electron chi connectivity index (χ4n) is 3.43. The molecule has 0 fully saturated rings. The van der Waals surface area contributed by atoms with Gasteiger partial charge < -0.3 is 9.32 Å². The van der Waals surface area contributed by atoms with Gasteiger partial charge in [0.1, 0.15) is 10.6 Å². The molecule has 5 heteroatoms. The van der Waals surface area contributed by atoms with Gasteiger partial charge in [-0.2, -0.15) is 0 Å².